The second kappa shape index (κ2) is 6.47. The van der Waals surface area contributed by atoms with Crippen LogP contribution in [-0.2, 0) is 28.9 Å². The lowest BCUT2D eigenvalue weighted by atomic mass is 10.5. The van der Waals surface area contributed by atoms with Crippen molar-refractivity contribution in [2.24, 2.45) is 0 Å². The standard InChI is InChI=1S/C9H16O6S/c1-4-15-9(11)7(2)16(12,13)6-5-8(10)14-3/h7H,4-6H2,1-3H3. The molecule has 0 aliphatic heterocycles. The molecule has 0 bridgehead atoms. The summed E-state index contributed by atoms with van der Waals surface area (Å²) in [7, 11) is -2.49. The van der Waals surface area contributed by atoms with Crippen LogP contribution in [0.25, 0.3) is 0 Å². The van der Waals surface area contributed by atoms with E-state index in [0.29, 0.717) is 0 Å². The van der Waals surface area contributed by atoms with Gasteiger partial charge in [0.2, 0.25) is 0 Å². The highest BCUT2D eigenvalue weighted by atomic mass is 32.2. The van der Waals surface area contributed by atoms with Crippen molar-refractivity contribution in [3.63, 3.8) is 0 Å². The van der Waals surface area contributed by atoms with Crippen LogP contribution in [0.2, 0.25) is 0 Å². The quantitative estimate of drug-likeness (QED) is 0.614. The highest BCUT2D eigenvalue weighted by Gasteiger charge is 2.29. The van der Waals surface area contributed by atoms with Gasteiger partial charge >= 0.3 is 11.9 Å². The first-order valence-electron chi connectivity index (χ1n) is 4.80. The lowest BCUT2D eigenvalue weighted by Crippen LogP contribution is -2.31. The molecule has 16 heavy (non-hydrogen) atoms. The number of hydrogen-bond donors (Lipinski definition) is 0. The van der Waals surface area contributed by atoms with Gasteiger partial charge < -0.3 is 9.47 Å². The van der Waals surface area contributed by atoms with Crippen LogP contribution in [0.3, 0.4) is 0 Å². The van der Waals surface area contributed by atoms with E-state index in [1.807, 2.05) is 0 Å². The summed E-state index contributed by atoms with van der Waals surface area (Å²) < 4.78 is 32.0. The summed E-state index contributed by atoms with van der Waals surface area (Å²) in [5.74, 6) is -1.84. The molecular weight excluding hydrogens is 236 g/mol. The predicted molar refractivity (Wildman–Crippen MR) is 56.5 cm³/mol. The maximum atomic E-state index is 11.6. The van der Waals surface area contributed by atoms with Crippen molar-refractivity contribution in [3.05, 3.63) is 0 Å². The summed E-state index contributed by atoms with van der Waals surface area (Å²) >= 11 is 0. The average molecular weight is 252 g/mol. The molecule has 0 aliphatic carbocycles. The van der Waals surface area contributed by atoms with Crippen molar-refractivity contribution in [1.29, 1.82) is 0 Å². The Morgan fingerprint density at radius 1 is 1.31 bits per heavy atom. The smallest absolute Gasteiger partial charge is 0.324 e. The van der Waals surface area contributed by atoms with Gasteiger partial charge in [0.1, 0.15) is 0 Å². The van der Waals surface area contributed by atoms with E-state index in [-0.39, 0.29) is 13.0 Å². The van der Waals surface area contributed by atoms with E-state index in [4.69, 9.17) is 0 Å². The molecule has 0 saturated heterocycles. The predicted octanol–water partition coefficient (Wildman–Crippen LogP) is -0.0841. The lowest BCUT2D eigenvalue weighted by Gasteiger charge is -2.10. The van der Waals surface area contributed by atoms with E-state index >= 15 is 0 Å². The maximum absolute atomic E-state index is 11.6. The highest BCUT2D eigenvalue weighted by Crippen LogP contribution is 2.06. The molecular formula is C9H16O6S. The second-order valence-electron chi connectivity index (χ2n) is 3.09. The van der Waals surface area contributed by atoms with Crippen molar-refractivity contribution in [1.82, 2.24) is 0 Å². The molecule has 1 atom stereocenters. The first-order chi connectivity index (χ1) is 7.35. The van der Waals surface area contributed by atoms with Crippen molar-refractivity contribution in [3.8, 4) is 0 Å². The number of carbonyl (C=O) groups excluding carboxylic acids is 2. The molecule has 0 aromatic rings. The van der Waals surface area contributed by atoms with Gasteiger partial charge in [-0.05, 0) is 13.8 Å². The van der Waals surface area contributed by atoms with E-state index in [9.17, 15) is 18.0 Å². The van der Waals surface area contributed by atoms with Crippen molar-refractivity contribution < 1.29 is 27.5 Å². The first kappa shape index (κ1) is 14.9. The van der Waals surface area contributed by atoms with Gasteiger partial charge in [-0.2, -0.15) is 0 Å². The molecule has 7 heteroatoms. The number of methoxy groups -OCH3 is 1. The highest BCUT2D eigenvalue weighted by molar-refractivity contribution is 7.92. The SMILES string of the molecule is CCOC(=O)C(C)S(=O)(=O)CCC(=O)OC. The molecule has 0 radical (unpaired) electrons. The topological polar surface area (TPSA) is 86.7 Å². The molecule has 0 saturated carbocycles. The first-order valence-corrected chi connectivity index (χ1v) is 6.51. The third kappa shape index (κ3) is 4.61. The second-order valence-corrected chi connectivity index (χ2v) is 5.53. The molecule has 0 aromatic heterocycles. The summed E-state index contributed by atoms with van der Waals surface area (Å²) in [5, 5.41) is -1.25. The van der Waals surface area contributed by atoms with E-state index in [2.05, 4.69) is 9.47 Å². The monoisotopic (exact) mass is 252 g/mol. The Labute approximate surface area is 94.8 Å². The third-order valence-electron chi connectivity index (χ3n) is 1.98. The van der Waals surface area contributed by atoms with E-state index < -0.39 is 32.8 Å². The number of esters is 2. The molecule has 0 aliphatic rings. The minimum Gasteiger partial charge on any atom is -0.469 e. The van der Waals surface area contributed by atoms with Crippen molar-refractivity contribution >= 4 is 21.8 Å². The molecule has 0 spiro atoms. The van der Waals surface area contributed by atoms with Gasteiger partial charge in [0.15, 0.2) is 15.1 Å². The molecule has 0 amide bonds. The molecule has 0 rings (SSSR count). The van der Waals surface area contributed by atoms with E-state index in [1.165, 1.54) is 14.0 Å². The zero-order valence-corrected chi connectivity index (χ0v) is 10.4. The van der Waals surface area contributed by atoms with Crippen LogP contribution >= 0.6 is 0 Å². The summed E-state index contributed by atoms with van der Waals surface area (Å²) in [6.07, 6.45) is -0.261. The molecule has 1 unspecified atom stereocenters. The Balaban J connectivity index is 4.43. The molecule has 0 fully saturated rings. The number of ether oxygens (including phenoxy) is 2. The van der Waals surface area contributed by atoms with Crippen LogP contribution in [0.15, 0.2) is 0 Å². The van der Waals surface area contributed by atoms with Crippen LogP contribution in [0, 0.1) is 0 Å². The Kier molecular flexibility index (Phi) is 6.02. The summed E-state index contributed by atoms with van der Waals surface area (Å²) in [6, 6.07) is 0. The van der Waals surface area contributed by atoms with Gasteiger partial charge in [-0.25, -0.2) is 8.42 Å². The number of carbonyl (C=O) groups is 2. The summed E-state index contributed by atoms with van der Waals surface area (Å²) in [5.41, 5.74) is 0. The minimum atomic E-state index is -3.66. The van der Waals surface area contributed by atoms with Gasteiger partial charge in [0, 0.05) is 0 Å². The van der Waals surface area contributed by atoms with Crippen LogP contribution < -0.4 is 0 Å². The molecule has 0 heterocycles. The Hall–Kier alpha value is -1.11. The molecule has 0 aromatic carbocycles. The molecule has 94 valence electrons. The fourth-order valence-electron chi connectivity index (χ4n) is 0.911. The lowest BCUT2D eigenvalue weighted by molar-refractivity contribution is -0.142. The van der Waals surface area contributed by atoms with Gasteiger partial charge in [-0.3, -0.25) is 9.59 Å². The van der Waals surface area contributed by atoms with Gasteiger partial charge in [0.05, 0.1) is 25.9 Å². The zero-order chi connectivity index (χ0) is 12.8. The number of rotatable bonds is 6. The Morgan fingerprint density at radius 3 is 2.31 bits per heavy atom. The average Bonchev–Trinajstić information content (AvgIpc) is 2.25. The number of hydrogen-bond acceptors (Lipinski definition) is 6. The van der Waals surface area contributed by atoms with Crippen LogP contribution in [0.1, 0.15) is 20.3 Å². The molecule has 6 nitrogen and oxygen atoms in total. The Morgan fingerprint density at radius 2 is 1.88 bits per heavy atom. The van der Waals surface area contributed by atoms with E-state index in [1.54, 1.807) is 6.92 Å². The van der Waals surface area contributed by atoms with Crippen molar-refractivity contribution in [2.45, 2.75) is 25.5 Å². The summed E-state index contributed by atoms with van der Waals surface area (Å²) in [4.78, 5) is 22.0. The summed E-state index contributed by atoms with van der Waals surface area (Å²) in [6.45, 7) is 2.95. The van der Waals surface area contributed by atoms with Crippen LogP contribution in [-0.4, -0.2) is 45.1 Å². The molecule has 0 N–H and O–H groups in total. The third-order valence-corrected chi connectivity index (χ3v) is 4.02. The zero-order valence-electron chi connectivity index (χ0n) is 9.56. The number of sulfone groups is 1. The van der Waals surface area contributed by atoms with Crippen LogP contribution in [0.5, 0.6) is 0 Å². The van der Waals surface area contributed by atoms with E-state index in [0.717, 1.165) is 0 Å². The Bertz CT molecular complexity index is 345. The fraction of sp³-hybridized carbons (Fsp3) is 0.778. The van der Waals surface area contributed by atoms with Gasteiger partial charge in [-0.15, -0.1) is 0 Å². The maximum Gasteiger partial charge on any atom is 0.324 e. The van der Waals surface area contributed by atoms with Crippen molar-refractivity contribution in [2.75, 3.05) is 19.5 Å². The normalized spacial score (nSPS) is 12.9. The fourth-order valence-corrected chi connectivity index (χ4v) is 2.08. The van der Waals surface area contributed by atoms with Gasteiger partial charge in [-0.1, -0.05) is 0 Å². The van der Waals surface area contributed by atoms with Gasteiger partial charge in [0.25, 0.3) is 0 Å². The van der Waals surface area contributed by atoms with Crippen LogP contribution in [0.4, 0.5) is 0 Å². The largest absolute Gasteiger partial charge is 0.469 e. The minimum absolute atomic E-state index is 0.121.